The number of carbonyl (C=O) groups excluding carboxylic acids is 2. The molecule has 2 aliphatic rings. The topological polar surface area (TPSA) is 95.9 Å². The van der Waals surface area contributed by atoms with Gasteiger partial charge in [0.1, 0.15) is 6.61 Å². The SMILES string of the molecule is CC1CC(C(=O)O)CN(C(=O)C(C)CNC(=O)OCC2c3ccccc3-c3ccccc32)C1. The van der Waals surface area contributed by atoms with Gasteiger partial charge in [0.2, 0.25) is 5.91 Å². The first-order chi connectivity index (χ1) is 15.8. The fourth-order valence-electron chi connectivity index (χ4n) is 5.00. The van der Waals surface area contributed by atoms with E-state index >= 15 is 0 Å². The summed E-state index contributed by atoms with van der Waals surface area (Å²) in [5.41, 5.74) is 4.61. The van der Waals surface area contributed by atoms with Crippen LogP contribution in [0.15, 0.2) is 48.5 Å². The molecular formula is C26H30N2O5. The highest BCUT2D eigenvalue weighted by atomic mass is 16.5. The van der Waals surface area contributed by atoms with E-state index < -0.39 is 23.9 Å². The van der Waals surface area contributed by atoms with E-state index in [2.05, 4.69) is 29.6 Å². The number of benzene rings is 2. The molecular weight excluding hydrogens is 420 g/mol. The molecule has 2 N–H and O–H groups in total. The lowest BCUT2D eigenvalue weighted by Gasteiger charge is -2.36. The van der Waals surface area contributed by atoms with Gasteiger partial charge in [0.25, 0.3) is 0 Å². The molecule has 0 spiro atoms. The average Bonchev–Trinajstić information content (AvgIpc) is 3.14. The number of amides is 2. The van der Waals surface area contributed by atoms with Gasteiger partial charge in [-0.2, -0.15) is 0 Å². The van der Waals surface area contributed by atoms with E-state index in [4.69, 9.17) is 4.74 Å². The van der Waals surface area contributed by atoms with Crippen molar-refractivity contribution in [2.45, 2.75) is 26.2 Å². The molecule has 0 radical (unpaired) electrons. The minimum absolute atomic E-state index is 0.0232. The third kappa shape index (κ3) is 4.87. The maximum Gasteiger partial charge on any atom is 0.407 e. The van der Waals surface area contributed by atoms with E-state index in [1.165, 1.54) is 0 Å². The zero-order chi connectivity index (χ0) is 23.5. The van der Waals surface area contributed by atoms with Crippen molar-refractivity contribution in [1.82, 2.24) is 10.2 Å². The average molecular weight is 451 g/mol. The van der Waals surface area contributed by atoms with Crippen LogP contribution in [0, 0.1) is 17.8 Å². The normalized spacial score (nSPS) is 20.5. The quantitative estimate of drug-likeness (QED) is 0.699. The molecule has 0 saturated carbocycles. The lowest BCUT2D eigenvalue weighted by atomic mass is 9.90. The Balaban J connectivity index is 1.30. The number of piperidine rings is 1. The predicted octanol–water partition coefficient (Wildman–Crippen LogP) is 3.73. The monoisotopic (exact) mass is 450 g/mol. The highest BCUT2D eigenvalue weighted by Crippen LogP contribution is 2.44. The molecule has 1 aliphatic carbocycles. The Hall–Kier alpha value is -3.35. The van der Waals surface area contributed by atoms with Gasteiger partial charge in [-0.05, 0) is 34.6 Å². The fraction of sp³-hybridized carbons (Fsp3) is 0.423. The number of carboxylic acid groups (broad SMARTS) is 1. The Labute approximate surface area is 193 Å². The van der Waals surface area contributed by atoms with Crippen LogP contribution in [0.5, 0.6) is 0 Å². The van der Waals surface area contributed by atoms with Crippen molar-refractivity contribution in [2.75, 3.05) is 26.2 Å². The summed E-state index contributed by atoms with van der Waals surface area (Å²) in [6.45, 7) is 4.80. The van der Waals surface area contributed by atoms with Gasteiger partial charge in [-0.1, -0.05) is 62.4 Å². The summed E-state index contributed by atoms with van der Waals surface area (Å²) in [7, 11) is 0. The molecule has 4 rings (SSSR count). The van der Waals surface area contributed by atoms with Crippen LogP contribution in [0.3, 0.4) is 0 Å². The second-order valence-corrected chi connectivity index (χ2v) is 9.23. The van der Waals surface area contributed by atoms with Gasteiger partial charge in [-0.15, -0.1) is 0 Å². The van der Waals surface area contributed by atoms with Crippen molar-refractivity contribution in [3.8, 4) is 11.1 Å². The Bertz CT molecular complexity index is 1010. The van der Waals surface area contributed by atoms with Crippen LogP contribution in [0.2, 0.25) is 0 Å². The van der Waals surface area contributed by atoms with Crippen LogP contribution in [0.1, 0.15) is 37.3 Å². The number of hydrogen-bond donors (Lipinski definition) is 2. The summed E-state index contributed by atoms with van der Waals surface area (Å²) in [4.78, 5) is 38.2. The lowest BCUT2D eigenvalue weighted by Crippen LogP contribution is -2.49. The Morgan fingerprint density at radius 3 is 2.27 bits per heavy atom. The van der Waals surface area contributed by atoms with Crippen molar-refractivity contribution >= 4 is 18.0 Å². The van der Waals surface area contributed by atoms with E-state index in [9.17, 15) is 19.5 Å². The summed E-state index contributed by atoms with van der Waals surface area (Å²) < 4.78 is 5.53. The number of hydrogen-bond acceptors (Lipinski definition) is 4. The van der Waals surface area contributed by atoms with Crippen LogP contribution >= 0.6 is 0 Å². The molecule has 3 atom stereocenters. The molecule has 33 heavy (non-hydrogen) atoms. The molecule has 2 aromatic carbocycles. The molecule has 174 valence electrons. The van der Waals surface area contributed by atoms with Gasteiger partial charge in [0.15, 0.2) is 0 Å². The number of likely N-dealkylation sites (tertiary alicyclic amines) is 1. The van der Waals surface area contributed by atoms with Crippen LogP contribution in [-0.4, -0.2) is 54.2 Å². The molecule has 0 aromatic heterocycles. The maximum absolute atomic E-state index is 12.8. The largest absolute Gasteiger partial charge is 0.481 e. The molecule has 2 aromatic rings. The van der Waals surface area contributed by atoms with Crippen molar-refractivity contribution in [3.63, 3.8) is 0 Å². The van der Waals surface area contributed by atoms with Crippen molar-refractivity contribution in [2.24, 2.45) is 17.8 Å². The second kappa shape index (κ2) is 9.65. The predicted molar refractivity (Wildman–Crippen MR) is 124 cm³/mol. The van der Waals surface area contributed by atoms with Gasteiger partial charge in [-0.25, -0.2) is 4.79 Å². The van der Waals surface area contributed by atoms with Gasteiger partial charge >= 0.3 is 12.1 Å². The first kappa shape index (κ1) is 22.8. The first-order valence-electron chi connectivity index (χ1n) is 11.5. The van der Waals surface area contributed by atoms with Gasteiger partial charge < -0.3 is 20.1 Å². The zero-order valence-corrected chi connectivity index (χ0v) is 19.0. The summed E-state index contributed by atoms with van der Waals surface area (Å²) in [6.07, 6.45) is 0.0119. The van der Waals surface area contributed by atoms with E-state index in [-0.39, 0.29) is 37.4 Å². The third-order valence-corrected chi connectivity index (χ3v) is 6.64. The first-order valence-corrected chi connectivity index (χ1v) is 11.5. The molecule has 7 heteroatoms. The van der Waals surface area contributed by atoms with Crippen LogP contribution in [0.4, 0.5) is 4.79 Å². The van der Waals surface area contributed by atoms with E-state index in [0.717, 1.165) is 22.3 Å². The standard InChI is InChI=1S/C26H30N2O5/c1-16-11-18(25(30)31)14-28(13-16)24(29)17(2)12-27-26(32)33-15-23-21-9-5-3-7-19(21)20-8-4-6-10-22(20)23/h3-10,16-18,23H,11-15H2,1-2H3,(H,27,32)(H,30,31). The number of nitrogens with zero attached hydrogens (tertiary/aromatic N) is 1. The van der Waals surface area contributed by atoms with E-state index in [1.807, 2.05) is 31.2 Å². The highest BCUT2D eigenvalue weighted by Gasteiger charge is 2.34. The summed E-state index contributed by atoms with van der Waals surface area (Å²) >= 11 is 0. The van der Waals surface area contributed by atoms with Crippen LogP contribution in [-0.2, 0) is 14.3 Å². The number of aliphatic carboxylic acids is 1. The van der Waals surface area contributed by atoms with Crippen molar-refractivity contribution in [3.05, 3.63) is 59.7 Å². The highest BCUT2D eigenvalue weighted by molar-refractivity contribution is 5.81. The maximum atomic E-state index is 12.8. The summed E-state index contributed by atoms with van der Waals surface area (Å²) in [5.74, 6) is -1.92. The second-order valence-electron chi connectivity index (χ2n) is 9.23. The number of rotatable bonds is 6. The minimum atomic E-state index is -0.872. The Morgan fingerprint density at radius 2 is 1.67 bits per heavy atom. The van der Waals surface area contributed by atoms with Gasteiger partial charge in [0.05, 0.1) is 11.8 Å². The number of ether oxygens (including phenoxy) is 1. The van der Waals surface area contributed by atoms with Crippen molar-refractivity contribution in [1.29, 1.82) is 0 Å². The molecule has 0 bridgehead atoms. The van der Waals surface area contributed by atoms with Crippen LogP contribution in [0.25, 0.3) is 11.1 Å². The molecule has 7 nitrogen and oxygen atoms in total. The number of carboxylic acids is 1. The number of nitrogens with one attached hydrogen (secondary N) is 1. The Kier molecular flexibility index (Phi) is 6.67. The smallest absolute Gasteiger partial charge is 0.407 e. The molecule has 1 heterocycles. The molecule has 1 saturated heterocycles. The van der Waals surface area contributed by atoms with Gasteiger partial charge in [0, 0.05) is 25.6 Å². The van der Waals surface area contributed by atoms with Crippen molar-refractivity contribution < 1.29 is 24.2 Å². The summed E-state index contributed by atoms with van der Waals surface area (Å²) in [6, 6.07) is 16.3. The number of carbonyl (C=O) groups is 3. The Morgan fingerprint density at radius 1 is 1.06 bits per heavy atom. The molecule has 1 fully saturated rings. The summed E-state index contributed by atoms with van der Waals surface area (Å²) in [5, 5.41) is 12.0. The zero-order valence-electron chi connectivity index (χ0n) is 19.0. The van der Waals surface area contributed by atoms with E-state index in [0.29, 0.717) is 13.0 Å². The minimum Gasteiger partial charge on any atom is -0.481 e. The number of alkyl carbamates (subject to hydrolysis) is 1. The molecule has 2 amide bonds. The van der Waals surface area contributed by atoms with Gasteiger partial charge in [-0.3, -0.25) is 9.59 Å². The fourth-order valence-corrected chi connectivity index (χ4v) is 5.00. The van der Waals surface area contributed by atoms with Crippen LogP contribution < -0.4 is 5.32 Å². The number of fused-ring (bicyclic) bond motifs is 3. The molecule has 1 aliphatic heterocycles. The third-order valence-electron chi connectivity index (χ3n) is 6.64. The lowest BCUT2D eigenvalue weighted by molar-refractivity contribution is -0.147. The van der Waals surface area contributed by atoms with E-state index in [1.54, 1.807) is 11.8 Å². The molecule has 3 unspecified atom stereocenters.